The van der Waals surface area contributed by atoms with Crippen LogP contribution in [0.25, 0.3) is 0 Å². The largest absolute Gasteiger partial charge is 0.481 e. The number of nitrogens with zero attached hydrogens (tertiary/aromatic N) is 3. The van der Waals surface area contributed by atoms with E-state index in [4.69, 9.17) is 22.0 Å². The van der Waals surface area contributed by atoms with E-state index in [9.17, 15) is 14.9 Å². The van der Waals surface area contributed by atoms with Gasteiger partial charge in [-0.3, -0.25) is 14.9 Å². The summed E-state index contributed by atoms with van der Waals surface area (Å²) in [6.45, 7) is 0.0469. The molecule has 0 amide bonds. The number of nitro benzene ring substituents is 1. The molecule has 1 aromatic carbocycles. The number of rotatable bonds is 6. The topological polar surface area (TPSA) is 107 Å². The molecule has 0 bridgehead atoms. The van der Waals surface area contributed by atoms with Gasteiger partial charge in [-0.25, -0.2) is 0 Å². The van der Waals surface area contributed by atoms with Gasteiger partial charge in [-0.2, -0.15) is 5.26 Å². The van der Waals surface area contributed by atoms with Crippen molar-refractivity contribution in [2.45, 2.75) is 6.42 Å². The van der Waals surface area contributed by atoms with E-state index >= 15 is 0 Å². The molecule has 1 N–H and O–H groups in total. The normalized spacial score (nSPS) is 9.68. The van der Waals surface area contributed by atoms with Crippen molar-refractivity contribution in [2.75, 3.05) is 18.0 Å². The van der Waals surface area contributed by atoms with Crippen LogP contribution in [0.5, 0.6) is 0 Å². The van der Waals surface area contributed by atoms with E-state index in [1.54, 1.807) is 0 Å². The minimum Gasteiger partial charge on any atom is -0.481 e. The molecule has 0 heterocycles. The highest BCUT2D eigenvalue weighted by Crippen LogP contribution is 2.29. The molecular weight excluding hydrogens is 274 g/mol. The molecule has 100 valence electrons. The van der Waals surface area contributed by atoms with Crippen LogP contribution in [-0.4, -0.2) is 29.1 Å². The van der Waals surface area contributed by atoms with E-state index in [2.05, 4.69) is 0 Å². The Kier molecular flexibility index (Phi) is 5.09. The predicted octanol–water partition coefficient (Wildman–Crippen LogP) is 2.05. The van der Waals surface area contributed by atoms with Crippen molar-refractivity contribution >= 4 is 28.9 Å². The van der Waals surface area contributed by atoms with E-state index in [1.165, 1.54) is 23.1 Å². The Bertz CT molecular complexity index is 541. The van der Waals surface area contributed by atoms with Crippen LogP contribution in [-0.2, 0) is 4.79 Å². The summed E-state index contributed by atoms with van der Waals surface area (Å²) < 4.78 is 0. The first-order valence-electron chi connectivity index (χ1n) is 5.23. The number of benzene rings is 1. The number of anilines is 1. The third-order valence-corrected chi connectivity index (χ3v) is 2.64. The molecule has 7 nitrogen and oxygen atoms in total. The maximum absolute atomic E-state index is 10.6. The number of carbonyl (C=O) groups is 1. The maximum Gasteiger partial charge on any atom is 0.305 e. The molecule has 0 aromatic heterocycles. The van der Waals surface area contributed by atoms with Gasteiger partial charge < -0.3 is 10.0 Å². The average Bonchev–Trinajstić information content (AvgIpc) is 2.34. The molecule has 8 heteroatoms. The SMILES string of the molecule is N#CCN(CCC(=O)O)c1ccc([N+](=O)[O-])cc1Cl. The van der Waals surface area contributed by atoms with Gasteiger partial charge in [0.05, 0.1) is 28.1 Å². The molecule has 0 aliphatic heterocycles. The molecule has 0 radical (unpaired) electrons. The van der Waals surface area contributed by atoms with Gasteiger partial charge in [0.15, 0.2) is 0 Å². The van der Waals surface area contributed by atoms with Gasteiger partial charge in [-0.05, 0) is 6.07 Å². The second-order valence-corrected chi connectivity index (χ2v) is 4.02. The summed E-state index contributed by atoms with van der Waals surface area (Å²) in [5, 5.41) is 28.0. The van der Waals surface area contributed by atoms with Crippen LogP contribution >= 0.6 is 11.6 Å². The van der Waals surface area contributed by atoms with Crippen molar-refractivity contribution in [1.82, 2.24) is 0 Å². The molecule has 0 unspecified atom stereocenters. The van der Waals surface area contributed by atoms with Crippen LogP contribution < -0.4 is 4.90 Å². The van der Waals surface area contributed by atoms with Crippen LogP contribution in [0, 0.1) is 21.4 Å². The summed E-state index contributed by atoms with van der Waals surface area (Å²) in [5.41, 5.74) is 0.235. The monoisotopic (exact) mass is 283 g/mol. The minimum absolute atomic E-state index is 0.0508. The molecule has 0 spiro atoms. The highest BCUT2D eigenvalue weighted by atomic mass is 35.5. The van der Waals surface area contributed by atoms with Crippen molar-refractivity contribution < 1.29 is 14.8 Å². The molecule has 0 fully saturated rings. The molecule has 19 heavy (non-hydrogen) atoms. The number of hydrogen-bond donors (Lipinski definition) is 1. The lowest BCUT2D eigenvalue weighted by molar-refractivity contribution is -0.384. The number of carboxylic acid groups (broad SMARTS) is 1. The molecule has 0 atom stereocenters. The summed E-state index contributed by atoms with van der Waals surface area (Å²) in [6, 6.07) is 5.72. The molecule has 0 saturated carbocycles. The maximum atomic E-state index is 10.6. The van der Waals surface area contributed by atoms with Crippen molar-refractivity contribution in [1.29, 1.82) is 5.26 Å². The zero-order valence-corrected chi connectivity index (χ0v) is 10.5. The third kappa shape index (κ3) is 4.12. The molecule has 0 saturated heterocycles. The number of non-ortho nitro benzene ring substituents is 1. The van der Waals surface area contributed by atoms with Crippen LogP contribution in [0.2, 0.25) is 5.02 Å². The summed E-state index contributed by atoms with van der Waals surface area (Å²) >= 11 is 5.92. The fourth-order valence-electron chi connectivity index (χ4n) is 1.47. The second-order valence-electron chi connectivity index (χ2n) is 3.62. The number of aliphatic carboxylic acids is 1. The van der Waals surface area contributed by atoms with E-state index in [0.717, 1.165) is 0 Å². The average molecular weight is 284 g/mol. The van der Waals surface area contributed by atoms with Crippen molar-refractivity contribution in [3.05, 3.63) is 33.3 Å². The quantitative estimate of drug-likeness (QED) is 0.486. The van der Waals surface area contributed by atoms with Crippen molar-refractivity contribution in [3.63, 3.8) is 0 Å². The van der Waals surface area contributed by atoms with Gasteiger partial charge in [-0.1, -0.05) is 11.6 Å². The van der Waals surface area contributed by atoms with Crippen molar-refractivity contribution in [3.8, 4) is 6.07 Å². The number of halogens is 1. The van der Waals surface area contributed by atoms with Crippen LogP contribution in [0.15, 0.2) is 18.2 Å². The lowest BCUT2D eigenvalue weighted by atomic mass is 10.2. The fraction of sp³-hybridized carbons (Fsp3) is 0.273. The smallest absolute Gasteiger partial charge is 0.305 e. The number of hydrogen-bond acceptors (Lipinski definition) is 5. The van der Waals surface area contributed by atoms with E-state index in [1.807, 2.05) is 6.07 Å². The molecule has 0 aliphatic rings. The lowest BCUT2D eigenvalue weighted by Gasteiger charge is -2.21. The van der Waals surface area contributed by atoms with Gasteiger partial charge in [-0.15, -0.1) is 0 Å². The standard InChI is InChI=1S/C11H10ClN3O4/c12-9-7-8(15(18)19)1-2-10(9)14(6-4-13)5-3-11(16)17/h1-2,7H,3,5-6H2,(H,16,17). The van der Waals surface area contributed by atoms with Gasteiger partial charge >= 0.3 is 5.97 Å². The fourth-order valence-corrected chi connectivity index (χ4v) is 1.76. The first kappa shape index (κ1) is 14.7. The summed E-state index contributed by atoms with van der Waals surface area (Å²) in [7, 11) is 0. The Morgan fingerprint density at radius 2 is 2.26 bits per heavy atom. The van der Waals surface area contributed by atoms with Crippen LogP contribution in [0.3, 0.4) is 0 Å². The number of carboxylic acids is 1. The first-order chi connectivity index (χ1) is 8.95. The number of nitriles is 1. The van der Waals surface area contributed by atoms with Crippen LogP contribution in [0.1, 0.15) is 6.42 Å². The zero-order valence-electron chi connectivity index (χ0n) is 9.74. The first-order valence-corrected chi connectivity index (χ1v) is 5.61. The zero-order chi connectivity index (χ0) is 14.4. The van der Waals surface area contributed by atoms with Gasteiger partial charge in [0, 0.05) is 18.7 Å². The second kappa shape index (κ2) is 6.56. The molecular formula is C11H10ClN3O4. The molecule has 1 rings (SSSR count). The Balaban J connectivity index is 2.99. The van der Waals surface area contributed by atoms with E-state index in [0.29, 0.717) is 5.69 Å². The lowest BCUT2D eigenvalue weighted by Crippen LogP contribution is -2.26. The van der Waals surface area contributed by atoms with Crippen molar-refractivity contribution in [2.24, 2.45) is 0 Å². The molecule has 0 aliphatic carbocycles. The summed E-state index contributed by atoms with van der Waals surface area (Å²) in [5.74, 6) is -0.999. The molecule has 1 aromatic rings. The predicted molar refractivity (Wildman–Crippen MR) is 68.2 cm³/mol. The minimum atomic E-state index is -0.999. The van der Waals surface area contributed by atoms with Gasteiger partial charge in [0.1, 0.15) is 6.54 Å². The Hall–Kier alpha value is -2.33. The Morgan fingerprint density at radius 1 is 1.58 bits per heavy atom. The van der Waals surface area contributed by atoms with Gasteiger partial charge in [0.2, 0.25) is 0 Å². The van der Waals surface area contributed by atoms with Crippen LogP contribution in [0.4, 0.5) is 11.4 Å². The Morgan fingerprint density at radius 3 is 2.74 bits per heavy atom. The van der Waals surface area contributed by atoms with E-state index in [-0.39, 0.29) is 30.2 Å². The third-order valence-electron chi connectivity index (χ3n) is 2.34. The highest BCUT2D eigenvalue weighted by Gasteiger charge is 2.15. The number of nitro groups is 1. The Labute approximate surface area is 113 Å². The summed E-state index contributed by atoms with van der Waals surface area (Å²) in [4.78, 5) is 22.0. The summed E-state index contributed by atoms with van der Waals surface area (Å²) in [6.07, 6.45) is -0.158. The highest BCUT2D eigenvalue weighted by molar-refractivity contribution is 6.33. The van der Waals surface area contributed by atoms with Gasteiger partial charge in [0.25, 0.3) is 5.69 Å². The van der Waals surface area contributed by atoms with E-state index < -0.39 is 10.9 Å².